The zero-order valence-electron chi connectivity index (χ0n) is 12.3. The van der Waals surface area contributed by atoms with Gasteiger partial charge in [-0.3, -0.25) is 4.57 Å². The number of nitrogens with two attached hydrogens (primary N) is 1. The van der Waals surface area contributed by atoms with E-state index in [-0.39, 0.29) is 6.61 Å². The summed E-state index contributed by atoms with van der Waals surface area (Å²) >= 11 is 3.44. The monoisotopic (exact) mass is 377 g/mol. The Morgan fingerprint density at radius 2 is 2.13 bits per heavy atom. The second kappa shape index (κ2) is 7.03. The van der Waals surface area contributed by atoms with Crippen molar-refractivity contribution in [2.24, 2.45) is 0 Å². The average molecular weight is 378 g/mol. The maximum atomic E-state index is 8.80. The van der Waals surface area contributed by atoms with Crippen LogP contribution in [-0.4, -0.2) is 44.4 Å². The Labute approximate surface area is 141 Å². The summed E-state index contributed by atoms with van der Waals surface area (Å²) in [4.78, 5) is 13.2. The van der Waals surface area contributed by atoms with Gasteiger partial charge in [-0.05, 0) is 28.1 Å². The van der Waals surface area contributed by atoms with Crippen molar-refractivity contribution in [2.75, 3.05) is 25.6 Å². The van der Waals surface area contributed by atoms with E-state index in [1.165, 1.54) is 0 Å². The quantitative estimate of drug-likeness (QED) is 0.501. The highest BCUT2D eigenvalue weighted by molar-refractivity contribution is 9.10. The van der Waals surface area contributed by atoms with Crippen LogP contribution in [0.3, 0.4) is 0 Å². The summed E-state index contributed by atoms with van der Waals surface area (Å²) in [5.41, 5.74) is 8.37. The number of hydrogen-bond acceptors (Lipinski definition) is 6. The molecule has 0 amide bonds. The molecule has 0 unspecified atom stereocenters. The molecule has 0 atom stereocenters. The van der Waals surface area contributed by atoms with Crippen molar-refractivity contribution in [3.8, 4) is 5.95 Å². The molecule has 0 saturated carbocycles. The molecule has 3 rings (SSSR count). The Hall–Kier alpha value is -2.03. The van der Waals surface area contributed by atoms with Gasteiger partial charge in [-0.25, -0.2) is 15.0 Å². The molecule has 0 fully saturated rings. The van der Waals surface area contributed by atoms with E-state index in [1.54, 1.807) is 23.3 Å². The van der Waals surface area contributed by atoms with E-state index in [2.05, 4.69) is 30.9 Å². The van der Waals surface area contributed by atoms with Crippen LogP contribution in [0.1, 0.15) is 5.69 Å². The molecular formula is C15H16BrN5O2. The molecule has 2 heterocycles. The van der Waals surface area contributed by atoms with E-state index in [1.807, 2.05) is 12.1 Å². The Kier molecular flexibility index (Phi) is 4.85. The van der Waals surface area contributed by atoms with Gasteiger partial charge in [0, 0.05) is 28.7 Å². The van der Waals surface area contributed by atoms with Crippen LogP contribution in [-0.2, 0) is 11.2 Å². The van der Waals surface area contributed by atoms with Crippen LogP contribution in [0.25, 0.3) is 16.9 Å². The lowest BCUT2D eigenvalue weighted by Gasteiger charge is -2.12. The fourth-order valence-corrected chi connectivity index (χ4v) is 2.63. The van der Waals surface area contributed by atoms with E-state index in [4.69, 9.17) is 15.6 Å². The van der Waals surface area contributed by atoms with Crippen molar-refractivity contribution < 1.29 is 9.84 Å². The van der Waals surface area contributed by atoms with Crippen LogP contribution >= 0.6 is 15.9 Å². The number of hydrogen-bond donors (Lipinski definition) is 2. The van der Waals surface area contributed by atoms with Gasteiger partial charge in [-0.1, -0.05) is 0 Å². The molecule has 0 spiro atoms. The second-order valence-electron chi connectivity index (χ2n) is 4.88. The number of nitrogen functional groups attached to an aromatic ring is 1. The second-order valence-corrected chi connectivity index (χ2v) is 5.74. The van der Waals surface area contributed by atoms with Gasteiger partial charge in [0.15, 0.2) is 0 Å². The third-order valence-electron chi connectivity index (χ3n) is 3.37. The number of anilines is 1. The summed E-state index contributed by atoms with van der Waals surface area (Å²) in [6.07, 6.45) is 5.68. The Morgan fingerprint density at radius 3 is 2.87 bits per heavy atom. The van der Waals surface area contributed by atoms with Crippen LogP contribution in [0.2, 0.25) is 0 Å². The van der Waals surface area contributed by atoms with Crippen LogP contribution in [0.4, 0.5) is 5.69 Å². The SMILES string of the molecule is Nc1c(Br)ccc2nc(-n3ccnc3)nc(CCOCCO)c12. The van der Waals surface area contributed by atoms with E-state index in [0.29, 0.717) is 31.3 Å². The van der Waals surface area contributed by atoms with Crippen molar-refractivity contribution in [3.63, 3.8) is 0 Å². The largest absolute Gasteiger partial charge is 0.397 e. The van der Waals surface area contributed by atoms with Crippen molar-refractivity contribution in [3.05, 3.63) is 41.0 Å². The van der Waals surface area contributed by atoms with Crippen LogP contribution in [0, 0.1) is 0 Å². The number of ether oxygens (including phenoxy) is 1. The molecule has 8 heteroatoms. The number of aromatic nitrogens is 4. The predicted octanol–water partition coefficient (Wildman–Crippen LogP) is 1.71. The zero-order chi connectivity index (χ0) is 16.2. The van der Waals surface area contributed by atoms with Crippen molar-refractivity contribution in [2.45, 2.75) is 6.42 Å². The molecule has 0 saturated heterocycles. The summed E-state index contributed by atoms with van der Waals surface area (Å²) in [5, 5.41) is 9.61. The first-order valence-electron chi connectivity index (χ1n) is 7.12. The minimum Gasteiger partial charge on any atom is -0.397 e. The maximum absolute atomic E-state index is 8.80. The van der Waals surface area contributed by atoms with Gasteiger partial charge in [0.1, 0.15) is 6.33 Å². The summed E-state index contributed by atoms with van der Waals surface area (Å²) in [6, 6.07) is 3.77. The summed E-state index contributed by atoms with van der Waals surface area (Å²) in [6.45, 7) is 0.747. The molecule has 23 heavy (non-hydrogen) atoms. The number of halogens is 1. The van der Waals surface area contributed by atoms with Gasteiger partial charge in [0.05, 0.1) is 36.7 Å². The molecule has 0 aliphatic carbocycles. The summed E-state index contributed by atoms with van der Waals surface area (Å²) < 4.78 is 7.91. The van der Waals surface area contributed by atoms with E-state index in [0.717, 1.165) is 21.1 Å². The lowest BCUT2D eigenvalue weighted by molar-refractivity contribution is 0.0942. The average Bonchev–Trinajstić information content (AvgIpc) is 3.09. The number of nitrogens with zero attached hydrogens (tertiary/aromatic N) is 4. The molecular weight excluding hydrogens is 362 g/mol. The third kappa shape index (κ3) is 3.34. The third-order valence-corrected chi connectivity index (χ3v) is 4.06. The molecule has 2 aromatic heterocycles. The molecule has 120 valence electrons. The lowest BCUT2D eigenvalue weighted by Crippen LogP contribution is -2.09. The highest BCUT2D eigenvalue weighted by Crippen LogP contribution is 2.30. The Morgan fingerprint density at radius 1 is 1.26 bits per heavy atom. The molecule has 0 bridgehead atoms. The first-order chi connectivity index (χ1) is 11.2. The smallest absolute Gasteiger partial charge is 0.235 e. The topological polar surface area (TPSA) is 99.1 Å². The van der Waals surface area contributed by atoms with Crippen molar-refractivity contribution in [1.29, 1.82) is 0 Å². The minimum atomic E-state index is -0.00149. The van der Waals surface area contributed by atoms with Gasteiger partial charge in [0.2, 0.25) is 5.95 Å². The van der Waals surface area contributed by atoms with Crippen molar-refractivity contribution in [1.82, 2.24) is 19.5 Å². The van der Waals surface area contributed by atoms with Gasteiger partial charge < -0.3 is 15.6 Å². The highest BCUT2D eigenvalue weighted by Gasteiger charge is 2.13. The Bertz CT molecular complexity index is 807. The normalized spacial score (nSPS) is 11.2. The molecule has 3 N–H and O–H groups in total. The van der Waals surface area contributed by atoms with Crippen LogP contribution in [0.15, 0.2) is 35.3 Å². The number of benzene rings is 1. The Balaban J connectivity index is 2.06. The zero-order valence-corrected chi connectivity index (χ0v) is 13.9. The lowest BCUT2D eigenvalue weighted by atomic mass is 10.1. The molecule has 0 radical (unpaired) electrons. The van der Waals surface area contributed by atoms with E-state index >= 15 is 0 Å². The van der Waals surface area contributed by atoms with Gasteiger partial charge >= 0.3 is 0 Å². The van der Waals surface area contributed by atoms with Gasteiger partial charge in [-0.2, -0.15) is 0 Å². The molecule has 7 nitrogen and oxygen atoms in total. The molecule has 3 aromatic rings. The number of rotatable bonds is 6. The maximum Gasteiger partial charge on any atom is 0.235 e. The molecule has 0 aliphatic rings. The van der Waals surface area contributed by atoms with Crippen LogP contribution in [0.5, 0.6) is 0 Å². The molecule has 1 aromatic carbocycles. The number of aliphatic hydroxyl groups is 1. The van der Waals surface area contributed by atoms with E-state index < -0.39 is 0 Å². The van der Waals surface area contributed by atoms with Gasteiger partial charge in [0.25, 0.3) is 0 Å². The minimum absolute atomic E-state index is 0.00149. The fraction of sp³-hybridized carbons (Fsp3) is 0.267. The first-order valence-corrected chi connectivity index (χ1v) is 7.91. The first kappa shape index (κ1) is 15.9. The van der Waals surface area contributed by atoms with Crippen LogP contribution < -0.4 is 5.73 Å². The fourth-order valence-electron chi connectivity index (χ4n) is 2.30. The van der Waals surface area contributed by atoms with Gasteiger partial charge in [-0.15, -0.1) is 0 Å². The summed E-state index contributed by atoms with van der Waals surface area (Å²) in [7, 11) is 0. The number of fused-ring (bicyclic) bond motifs is 1. The standard InChI is InChI=1S/C15H16BrN5O2/c16-10-1-2-11-13(14(10)17)12(3-7-23-8-6-22)20-15(19-11)21-5-4-18-9-21/h1-2,4-5,9,22H,3,6-8,17H2. The molecule has 0 aliphatic heterocycles. The van der Waals surface area contributed by atoms with Crippen molar-refractivity contribution >= 4 is 32.5 Å². The number of imidazole rings is 1. The predicted molar refractivity (Wildman–Crippen MR) is 90.4 cm³/mol. The van der Waals surface area contributed by atoms with E-state index in [9.17, 15) is 0 Å². The summed E-state index contributed by atoms with van der Waals surface area (Å²) in [5.74, 6) is 0.536. The number of aliphatic hydroxyl groups excluding tert-OH is 1. The highest BCUT2D eigenvalue weighted by atomic mass is 79.9.